The Morgan fingerprint density at radius 1 is 1.47 bits per heavy atom. The van der Waals surface area contributed by atoms with Gasteiger partial charge in [-0.05, 0) is 12.1 Å². The largest absolute Gasteiger partial charge is 0.472 e. The lowest BCUT2D eigenvalue weighted by molar-refractivity contribution is 0.181. The molecule has 2 rings (SSSR count). The van der Waals surface area contributed by atoms with Gasteiger partial charge in [0.05, 0.1) is 24.1 Å². The summed E-state index contributed by atoms with van der Waals surface area (Å²) in [5, 5.41) is 0.397. The van der Waals surface area contributed by atoms with Gasteiger partial charge in [-0.1, -0.05) is 11.6 Å². The van der Waals surface area contributed by atoms with Crippen LogP contribution in [0, 0.1) is 0 Å². The van der Waals surface area contributed by atoms with E-state index in [4.69, 9.17) is 20.8 Å². The molecule has 2 aromatic rings. The number of nitrogens with zero attached hydrogens (tertiary/aromatic N) is 2. The lowest BCUT2D eigenvalue weighted by Gasteiger charge is -2.02. The zero-order valence-corrected chi connectivity index (χ0v) is 8.86. The summed E-state index contributed by atoms with van der Waals surface area (Å²) in [6.45, 7) is 0.410. The molecule has 0 bridgehead atoms. The Balaban J connectivity index is 2.40. The molecule has 4 nitrogen and oxygen atoms in total. The number of methoxy groups -OCH3 is 1. The molecule has 0 N–H and O–H groups in total. The highest BCUT2D eigenvalue weighted by molar-refractivity contribution is 6.29. The molecule has 0 aliphatic rings. The Bertz CT molecular complexity index is 443. The summed E-state index contributed by atoms with van der Waals surface area (Å²) in [6.07, 6.45) is 3.14. The van der Waals surface area contributed by atoms with Crippen molar-refractivity contribution in [3.8, 4) is 11.4 Å². The highest BCUT2D eigenvalue weighted by atomic mass is 35.5. The summed E-state index contributed by atoms with van der Waals surface area (Å²) < 4.78 is 9.94. The highest BCUT2D eigenvalue weighted by Gasteiger charge is 2.06. The Morgan fingerprint density at radius 3 is 3.00 bits per heavy atom. The normalized spacial score (nSPS) is 10.5. The van der Waals surface area contributed by atoms with Crippen LogP contribution in [0.3, 0.4) is 0 Å². The van der Waals surface area contributed by atoms with Crippen LogP contribution in [0.1, 0.15) is 5.69 Å². The van der Waals surface area contributed by atoms with Gasteiger partial charge in [0.25, 0.3) is 0 Å². The summed E-state index contributed by atoms with van der Waals surface area (Å²) in [7, 11) is 1.60. The van der Waals surface area contributed by atoms with Gasteiger partial charge < -0.3 is 9.15 Å². The minimum absolute atomic E-state index is 0.397. The first kappa shape index (κ1) is 10.1. The number of aromatic nitrogens is 2. The second-order valence-electron chi connectivity index (χ2n) is 2.95. The first-order valence-corrected chi connectivity index (χ1v) is 4.72. The van der Waals surface area contributed by atoms with Gasteiger partial charge >= 0.3 is 0 Å². The van der Waals surface area contributed by atoms with Gasteiger partial charge in [-0.3, -0.25) is 0 Å². The zero-order chi connectivity index (χ0) is 10.7. The standard InChI is InChI=1S/C10H9ClN2O2/c1-14-6-8-4-9(11)13-10(12-8)7-2-3-15-5-7/h2-5H,6H2,1H3. The van der Waals surface area contributed by atoms with Gasteiger partial charge in [0.15, 0.2) is 5.82 Å². The van der Waals surface area contributed by atoms with Crippen LogP contribution < -0.4 is 0 Å². The molecule has 78 valence electrons. The van der Waals surface area contributed by atoms with Crippen LogP contribution in [-0.4, -0.2) is 17.1 Å². The lowest BCUT2D eigenvalue weighted by Crippen LogP contribution is -1.96. The Hall–Kier alpha value is -1.39. The number of furan rings is 1. The summed E-state index contributed by atoms with van der Waals surface area (Å²) in [5.41, 5.74) is 1.54. The van der Waals surface area contributed by atoms with E-state index in [1.807, 2.05) is 0 Å². The molecule has 0 amide bonds. The molecule has 2 heterocycles. The van der Waals surface area contributed by atoms with Gasteiger partial charge in [-0.15, -0.1) is 0 Å². The molecule has 0 aromatic carbocycles. The molecule has 0 atom stereocenters. The van der Waals surface area contributed by atoms with E-state index in [0.29, 0.717) is 17.6 Å². The molecule has 5 heteroatoms. The molecule has 0 fully saturated rings. The van der Waals surface area contributed by atoms with Crippen molar-refractivity contribution in [2.24, 2.45) is 0 Å². The van der Waals surface area contributed by atoms with Crippen LogP contribution in [0.5, 0.6) is 0 Å². The topological polar surface area (TPSA) is 48.2 Å². The van der Waals surface area contributed by atoms with Crippen LogP contribution in [0.4, 0.5) is 0 Å². The molecule has 0 saturated heterocycles. The Labute approximate surface area is 91.9 Å². The van der Waals surface area contributed by atoms with Crippen molar-refractivity contribution in [2.45, 2.75) is 6.61 Å². The third-order valence-electron chi connectivity index (χ3n) is 1.82. The fraction of sp³-hybridized carbons (Fsp3) is 0.200. The van der Waals surface area contributed by atoms with Crippen LogP contribution in [0.15, 0.2) is 29.1 Å². The van der Waals surface area contributed by atoms with Crippen molar-refractivity contribution >= 4 is 11.6 Å². The van der Waals surface area contributed by atoms with E-state index in [1.54, 1.807) is 31.8 Å². The second-order valence-corrected chi connectivity index (χ2v) is 3.34. The summed E-state index contributed by atoms with van der Waals surface area (Å²) in [4.78, 5) is 8.38. The second kappa shape index (κ2) is 4.42. The van der Waals surface area contributed by atoms with Gasteiger partial charge in [0.1, 0.15) is 11.4 Å². The van der Waals surface area contributed by atoms with Crippen molar-refractivity contribution in [2.75, 3.05) is 7.11 Å². The molecule has 0 aliphatic heterocycles. The minimum atomic E-state index is 0.397. The summed E-state index contributed by atoms with van der Waals surface area (Å²) in [5.74, 6) is 0.545. The van der Waals surface area contributed by atoms with E-state index in [1.165, 1.54) is 0 Å². The van der Waals surface area contributed by atoms with Gasteiger partial charge in [0.2, 0.25) is 0 Å². The number of hydrogen-bond acceptors (Lipinski definition) is 4. The predicted octanol–water partition coefficient (Wildman–Crippen LogP) is 2.54. The first-order chi connectivity index (χ1) is 7.29. The maximum absolute atomic E-state index is 5.87. The lowest BCUT2D eigenvalue weighted by atomic mass is 10.3. The molecule has 0 radical (unpaired) electrons. The van der Waals surface area contributed by atoms with Gasteiger partial charge in [0, 0.05) is 7.11 Å². The quantitative estimate of drug-likeness (QED) is 0.752. The summed E-state index contributed by atoms with van der Waals surface area (Å²) >= 11 is 5.87. The number of halogens is 1. The molecule has 2 aromatic heterocycles. The van der Waals surface area contributed by atoms with Gasteiger partial charge in [-0.2, -0.15) is 0 Å². The molecule has 0 saturated carbocycles. The minimum Gasteiger partial charge on any atom is -0.472 e. The third-order valence-corrected chi connectivity index (χ3v) is 2.01. The number of rotatable bonds is 3. The Morgan fingerprint density at radius 2 is 2.33 bits per heavy atom. The van der Waals surface area contributed by atoms with E-state index >= 15 is 0 Å². The Kier molecular flexibility index (Phi) is 2.99. The first-order valence-electron chi connectivity index (χ1n) is 4.34. The van der Waals surface area contributed by atoms with E-state index in [2.05, 4.69) is 9.97 Å². The van der Waals surface area contributed by atoms with E-state index < -0.39 is 0 Å². The van der Waals surface area contributed by atoms with Crippen molar-refractivity contribution in [1.29, 1.82) is 0 Å². The van der Waals surface area contributed by atoms with Crippen molar-refractivity contribution in [1.82, 2.24) is 9.97 Å². The average Bonchev–Trinajstić information content (AvgIpc) is 2.70. The SMILES string of the molecule is COCc1cc(Cl)nc(-c2ccoc2)n1. The van der Waals surface area contributed by atoms with Crippen LogP contribution >= 0.6 is 11.6 Å². The van der Waals surface area contributed by atoms with E-state index in [9.17, 15) is 0 Å². The monoisotopic (exact) mass is 224 g/mol. The number of hydrogen-bond donors (Lipinski definition) is 0. The van der Waals surface area contributed by atoms with Crippen LogP contribution in [0.2, 0.25) is 5.15 Å². The number of ether oxygens (including phenoxy) is 1. The predicted molar refractivity (Wildman–Crippen MR) is 55.5 cm³/mol. The van der Waals surface area contributed by atoms with Crippen LogP contribution in [0.25, 0.3) is 11.4 Å². The maximum atomic E-state index is 5.87. The zero-order valence-electron chi connectivity index (χ0n) is 8.11. The van der Waals surface area contributed by atoms with E-state index in [-0.39, 0.29) is 0 Å². The fourth-order valence-corrected chi connectivity index (χ4v) is 1.41. The maximum Gasteiger partial charge on any atom is 0.164 e. The van der Waals surface area contributed by atoms with Crippen LogP contribution in [-0.2, 0) is 11.3 Å². The molecule has 0 spiro atoms. The van der Waals surface area contributed by atoms with Crippen molar-refractivity contribution < 1.29 is 9.15 Å². The third kappa shape index (κ3) is 2.34. The molecular weight excluding hydrogens is 216 g/mol. The highest BCUT2D eigenvalue weighted by Crippen LogP contribution is 2.18. The van der Waals surface area contributed by atoms with Gasteiger partial charge in [-0.25, -0.2) is 9.97 Å². The van der Waals surface area contributed by atoms with Crippen molar-refractivity contribution in [3.63, 3.8) is 0 Å². The van der Waals surface area contributed by atoms with Crippen molar-refractivity contribution in [3.05, 3.63) is 35.5 Å². The summed E-state index contributed by atoms with van der Waals surface area (Å²) in [6, 6.07) is 3.46. The smallest absolute Gasteiger partial charge is 0.164 e. The van der Waals surface area contributed by atoms with E-state index in [0.717, 1.165) is 11.3 Å². The molecule has 15 heavy (non-hydrogen) atoms. The fourth-order valence-electron chi connectivity index (χ4n) is 1.21. The molecule has 0 aliphatic carbocycles. The molecule has 0 unspecified atom stereocenters. The average molecular weight is 225 g/mol. The molecular formula is C10H9ClN2O2.